The Morgan fingerprint density at radius 2 is 1.89 bits per heavy atom. The second kappa shape index (κ2) is 7.25. The molecule has 112 valence electrons. The minimum Gasteiger partial charge on any atom is -0.395 e. The Morgan fingerprint density at radius 1 is 1.32 bits per heavy atom. The molecule has 0 spiro atoms. The maximum absolute atomic E-state index is 12.3. The van der Waals surface area contributed by atoms with Crippen LogP contribution >= 0.6 is 0 Å². The summed E-state index contributed by atoms with van der Waals surface area (Å²) in [5, 5.41) is 12.3. The van der Waals surface area contributed by atoms with Crippen LogP contribution < -0.4 is 5.32 Å². The van der Waals surface area contributed by atoms with E-state index < -0.39 is 0 Å². The van der Waals surface area contributed by atoms with Crippen molar-refractivity contribution in [1.29, 1.82) is 0 Å². The molecule has 1 atom stereocenters. The van der Waals surface area contributed by atoms with Crippen LogP contribution in [0.1, 0.15) is 59.8 Å². The zero-order valence-electron chi connectivity index (χ0n) is 12.9. The summed E-state index contributed by atoms with van der Waals surface area (Å²) in [5.74, 6) is 0.0616. The van der Waals surface area contributed by atoms with Gasteiger partial charge in [0, 0.05) is 18.1 Å². The molecule has 0 heterocycles. The van der Waals surface area contributed by atoms with Crippen molar-refractivity contribution < 1.29 is 9.90 Å². The topological polar surface area (TPSA) is 52.6 Å². The van der Waals surface area contributed by atoms with E-state index >= 15 is 0 Å². The molecule has 19 heavy (non-hydrogen) atoms. The van der Waals surface area contributed by atoms with E-state index in [1.165, 1.54) is 19.3 Å². The molecule has 1 aliphatic carbocycles. The second-order valence-electron chi connectivity index (χ2n) is 6.67. The van der Waals surface area contributed by atoms with Gasteiger partial charge in [0.1, 0.15) is 0 Å². The maximum Gasteiger partial charge on any atom is 0.237 e. The van der Waals surface area contributed by atoms with Crippen molar-refractivity contribution in [3.8, 4) is 0 Å². The van der Waals surface area contributed by atoms with E-state index in [4.69, 9.17) is 0 Å². The van der Waals surface area contributed by atoms with Crippen LogP contribution in [0.3, 0.4) is 0 Å². The van der Waals surface area contributed by atoms with Crippen molar-refractivity contribution in [2.75, 3.05) is 13.2 Å². The molecule has 0 aliphatic heterocycles. The lowest BCUT2D eigenvalue weighted by atomic mass is 9.93. The van der Waals surface area contributed by atoms with Crippen LogP contribution in [-0.2, 0) is 4.79 Å². The van der Waals surface area contributed by atoms with Crippen LogP contribution in [0.2, 0.25) is 0 Å². The molecule has 0 bridgehead atoms. The van der Waals surface area contributed by atoms with Crippen LogP contribution in [0.4, 0.5) is 0 Å². The molecule has 0 radical (unpaired) electrons. The zero-order chi connectivity index (χ0) is 14.5. The minimum atomic E-state index is -0.206. The lowest BCUT2D eigenvalue weighted by molar-refractivity contribution is -0.128. The van der Waals surface area contributed by atoms with E-state index in [0.29, 0.717) is 12.6 Å². The van der Waals surface area contributed by atoms with Crippen LogP contribution in [-0.4, -0.2) is 46.7 Å². The van der Waals surface area contributed by atoms with Crippen LogP contribution in [0.15, 0.2) is 0 Å². The van der Waals surface area contributed by atoms with Crippen molar-refractivity contribution in [3.05, 3.63) is 0 Å². The number of nitrogens with one attached hydrogen (secondary N) is 1. The lowest BCUT2D eigenvalue weighted by Gasteiger charge is -2.38. The first-order valence-electron chi connectivity index (χ1n) is 7.54. The molecular formula is C15H30N2O2. The van der Waals surface area contributed by atoms with Crippen LogP contribution in [0, 0.1) is 0 Å². The Kier molecular flexibility index (Phi) is 6.27. The summed E-state index contributed by atoms with van der Waals surface area (Å²) in [7, 11) is 0. The molecule has 0 aromatic carbocycles. The number of aliphatic hydroxyl groups is 1. The maximum atomic E-state index is 12.3. The van der Waals surface area contributed by atoms with Gasteiger partial charge in [-0.05, 0) is 40.5 Å². The number of hydrogen-bond acceptors (Lipinski definition) is 3. The summed E-state index contributed by atoms with van der Waals surface area (Å²) in [5.41, 5.74) is -0.206. The molecule has 0 saturated heterocycles. The SMILES string of the molecule is CC(C(=O)NC(C)(C)C)N(CCO)C1CCCCC1. The van der Waals surface area contributed by atoms with Crippen molar-refractivity contribution in [1.82, 2.24) is 10.2 Å². The minimum absolute atomic E-state index is 0.0616. The molecule has 4 nitrogen and oxygen atoms in total. The predicted molar refractivity (Wildman–Crippen MR) is 78.0 cm³/mol. The summed E-state index contributed by atoms with van der Waals surface area (Å²) >= 11 is 0. The molecule has 1 amide bonds. The van der Waals surface area contributed by atoms with Crippen LogP contribution in [0.5, 0.6) is 0 Å². The Hall–Kier alpha value is -0.610. The van der Waals surface area contributed by atoms with E-state index in [0.717, 1.165) is 12.8 Å². The number of carbonyl (C=O) groups excluding carboxylic acids is 1. The van der Waals surface area contributed by atoms with Gasteiger partial charge in [0.2, 0.25) is 5.91 Å². The number of carbonyl (C=O) groups is 1. The average Bonchev–Trinajstić information content (AvgIpc) is 2.34. The number of amides is 1. The Labute approximate surface area is 117 Å². The molecule has 1 aliphatic rings. The molecule has 1 rings (SSSR count). The molecule has 1 fully saturated rings. The van der Waals surface area contributed by atoms with Crippen molar-refractivity contribution in [3.63, 3.8) is 0 Å². The molecule has 2 N–H and O–H groups in total. The fraction of sp³-hybridized carbons (Fsp3) is 0.933. The van der Waals surface area contributed by atoms with Gasteiger partial charge in [0.25, 0.3) is 0 Å². The molecule has 4 heteroatoms. The standard InChI is InChI=1S/C15H30N2O2/c1-12(14(19)16-15(2,3)4)17(10-11-18)13-8-6-5-7-9-13/h12-13,18H,5-11H2,1-4H3,(H,16,19). The number of nitrogens with zero attached hydrogens (tertiary/aromatic N) is 1. The summed E-state index contributed by atoms with van der Waals surface area (Å²) in [6, 6.07) is 0.274. The smallest absolute Gasteiger partial charge is 0.237 e. The quantitative estimate of drug-likeness (QED) is 0.802. The fourth-order valence-electron chi connectivity index (χ4n) is 2.85. The van der Waals surface area contributed by atoms with Gasteiger partial charge in [-0.3, -0.25) is 9.69 Å². The van der Waals surface area contributed by atoms with Gasteiger partial charge < -0.3 is 10.4 Å². The third-order valence-corrected chi connectivity index (χ3v) is 3.78. The third kappa shape index (κ3) is 5.49. The van der Waals surface area contributed by atoms with Gasteiger partial charge >= 0.3 is 0 Å². The summed E-state index contributed by atoms with van der Waals surface area (Å²) in [6.07, 6.45) is 6.06. The van der Waals surface area contributed by atoms with E-state index in [-0.39, 0.29) is 24.1 Å². The first-order chi connectivity index (χ1) is 8.85. The highest BCUT2D eigenvalue weighted by Gasteiger charge is 2.30. The highest BCUT2D eigenvalue weighted by atomic mass is 16.3. The van der Waals surface area contributed by atoms with Gasteiger partial charge in [0.05, 0.1) is 12.6 Å². The first-order valence-corrected chi connectivity index (χ1v) is 7.54. The average molecular weight is 270 g/mol. The van der Waals surface area contributed by atoms with E-state index in [2.05, 4.69) is 10.2 Å². The van der Waals surface area contributed by atoms with E-state index in [1.54, 1.807) is 0 Å². The molecular weight excluding hydrogens is 240 g/mol. The highest BCUT2D eigenvalue weighted by Crippen LogP contribution is 2.24. The van der Waals surface area contributed by atoms with Crippen molar-refractivity contribution >= 4 is 5.91 Å². The fourth-order valence-corrected chi connectivity index (χ4v) is 2.85. The highest BCUT2D eigenvalue weighted by molar-refractivity contribution is 5.82. The lowest BCUT2D eigenvalue weighted by Crippen LogP contribution is -2.54. The van der Waals surface area contributed by atoms with E-state index in [1.807, 2.05) is 27.7 Å². The second-order valence-corrected chi connectivity index (χ2v) is 6.67. The first kappa shape index (κ1) is 16.4. The Balaban J connectivity index is 2.65. The number of aliphatic hydroxyl groups excluding tert-OH is 1. The third-order valence-electron chi connectivity index (χ3n) is 3.78. The summed E-state index contributed by atoms with van der Waals surface area (Å²) < 4.78 is 0. The van der Waals surface area contributed by atoms with Crippen molar-refractivity contribution in [2.24, 2.45) is 0 Å². The molecule has 0 aromatic heterocycles. The zero-order valence-corrected chi connectivity index (χ0v) is 12.9. The van der Waals surface area contributed by atoms with Gasteiger partial charge in [-0.15, -0.1) is 0 Å². The van der Waals surface area contributed by atoms with E-state index in [9.17, 15) is 9.90 Å². The molecule has 0 aromatic rings. The monoisotopic (exact) mass is 270 g/mol. The Morgan fingerprint density at radius 3 is 2.37 bits per heavy atom. The number of hydrogen-bond donors (Lipinski definition) is 2. The summed E-state index contributed by atoms with van der Waals surface area (Å²) in [4.78, 5) is 14.5. The van der Waals surface area contributed by atoms with Gasteiger partial charge in [-0.2, -0.15) is 0 Å². The van der Waals surface area contributed by atoms with Gasteiger partial charge in [-0.1, -0.05) is 19.3 Å². The van der Waals surface area contributed by atoms with Gasteiger partial charge in [0.15, 0.2) is 0 Å². The Bertz CT molecular complexity index is 280. The normalized spacial score (nSPS) is 19.5. The van der Waals surface area contributed by atoms with Crippen molar-refractivity contribution in [2.45, 2.75) is 77.4 Å². The van der Waals surface area contributed by atoms with Crippen LogP contribution in [0.25, 0.3) is 0 Å². The number of rotatable bonds is 5. The molecule has 1 saturated carbocycles. The predicted octanol–water partition coefficient (Wildman–Crippen LogP) is 1.92. The molecule has 1 unspecified atom stereocenters. The largest absolute Gasteiger partial charge is 0.395 e. The summed E-state index contributed by atoms with van der Waals surface area (Å²) in [6.45, 7) is 8.64. The van der Waals surface area contributed by atoms with Gasteiger partial charge in [-0.25, -0.2) is 0 Å².